The standard InChI is InChI=1S/C19H19NO2S/c21-16-5-3-13(4-6-16)14-7-10-20(11-8-14)19(22)18-17(9-12-23-18)15-1-2-15/h3-7,9,12,15,21H,1-2,8,10-11H2. The molecular weight excluding hydrogens is 306 g/mol. The minimum absolute atomic E-state index is 0.183. The molecular formula is C19H19NO2S. The highest BCUT2D eigenvalue weighted by molar-refractivity contribution is 7.12. The van der Waals surface area contributed by atoms with Crippen LogP contribution in [0.4, 0.5) is 0 Å². The number of carbonyl (C=O) groups excluding carboxylic acids is 1. The van der Waals surface area contributed by atoms with Crippen LogP contribution in [0.3, 0.4) is 0 Å². The number of rotatable bonds is 3. The van der Waals surface area contributed by atoms with Gasteiger partial charge in [-0.1, -0.05) is 18.2 Å². The molecule has 1 aliphatic heterocycles. The largest absolute Gasteiger partial charge is 0.508 e. The normalized spacial score (nSPS) is 17.9. The van der Waals surface area contributed by atoms with Crippen molar-refractivity contribution in [1.82, 2.24) is 4.90 Å². The fraction of sp³-hybridized carbons (Fsp3) is 0.316. The number of amides is 1. The second-order valence-electron chi connectivity index (χ2n) is 6.26. The van der Waals surface area contributed by atoms with Crippen molar-refractivity contribution in [2.24, 2.45) is 0 Å². The first-order valence-corrected chi connectivity index (χ1v) is 8.95. The van der Waals surface area contributed by atoms with E-state index in [1.54, 1.807) is 23.5 Å². The van der Waals surface area contributed by atoms with Crippen molar-refractivity contribution >= 4 is 22.8 Å². The Bertz CT molecular complexity index is 756. The fourth-order valence-corrected chi connectivity index (χ4v) is 4.10. The van der Waals surface area contributed by atoms with Gasteiger partial charge in [0.25, 0.3) is 5.91 Å². The second-order valence-corrected chi connectivity index (χ2v) is 7.17. The van der Waals surface area contributed by atoms with Crippen LogP contribution in [0.5, 0.6) is 5.75 Å². The lowest BCUT2D eigenvalue weighted by Crippen LogP contribution is -2.34. The summed E-state index contributed by atoms with van der Waals surface area (Å²) in [6.07, 6.45) is 5.45. The van der Waals surface area contributed by atoms with Crippen molar-refractivity contribution in [3.05, 3.63) is 57.8 Å². The summed E-state index contributed by atoms with van der Waals surface area (Å²) in [4.78, 5) is 15.7. The second kappa shape index (κ2) is 5.85. The number of thiophene rings is 1. The van der Waals surface area contributed by atoms with Gasteiger partial charge in [-0.15, -0.1) is 11.3 Å². The Hall–Kier alpha value is -2.07. The molecule has 2 heterocycles. The van der Waals surface area contributed by atoms with Gasteiger partial charge in [0.15, 0.2) is 0 Å². The van der Waals surface area contributed by atoms with Crippen molar-refractivity contribution in [3.8, 4) is 5.75 Å². The molecule has 0 saturated heterocycles. The number of phenolic OH excluding ortho intramolecular Hbond substituents is 1. The molecule has 1 aromatic heterocycles. The highest BCUT2D eigenvalue weighted by atomic mass is 32.1. The summed E-state index contributed by atoms with van der Waals surface area (Å²) in [5.41, 5.74) is 3.64. The fourth-order valence-electron chi connectivity index (χ4n) is 3.14. The van der Waals surface area contributed by atoms with Gasteiger partial charge in [-0.2, -0.15) is 0 Å². The first-order valence-electron chi connectivity index (χ1n) is 8.07. The van der Waals surface area contributed by atoms with Gasteiger partial charge in [-0.05, 0) is 65.5 Å². The first kappa shape index (κ1) is 14.5. The van der Waals surface area contributed by atoms with Gasteiger partial charge in [-0.25, -0.2) is 0 Å². The van der Waals surface area contributed by atoms with Crippen molar-refractivity contribution in [1.29, 1.82) is 0 Å². The van der Waals surface area contributed by atoms with Crippen LogP contribution >= 0.6 is 11.3 Å². The van der Waals surface area contributed by atoms with Crippen molar-refractivity contribution in [2.45, 2.75) is 25.2 Å². The molecule has 0 spiro atoms. The minimum Gasteiger partial charge on any atom is -0.508 e. The highest BCUT2D eigenvalue weighted by Crippen LogP contribution is 2.43. The van der Waals surface area contributed by atoms with E-state index in [1.165, 1.54) is 24.0 Å². The summed E-state index contributed by atoms with van der Waals surface area (Å²) in [7, 11) is 0. The van der Waals surface area contributed by atoms with E-state index in [9.17, 15) is 9.90 Å². The number of phenols is 1. The Morgan fingerprint density at radius 1 is 1.17 bits per heavy atom. The maximum absolute atomic E-state index is 12.8. The average Bonchev–Trinajstić information content (AvgIpc) is 3.32. The van der Waals surface area contributed by atoms with Crippen LogP contribution in [0.15, 0.2) is 41.8 Å². The van der Waals surface area contributed by atoms with E-state index in [-0.39, 0.29) is 11.7 Å². The Kier molecular flexibility index (Phi) is 3.69. The number of carbonyl (C=O) groups is 1. The molecule has 1 N–H and O–H groups in total. The zero-order chi connectivity index (χ0) is 15.8. The Labute approximate surface area is 139 Å². The third-order valence-corrected chi connectivity index (χ3v) is 5.56. The topological polar surface area (TPSA) is 40.5 Å². The molecule has 1 saturated carbocycles. The van der Waals surface area contributed by atoms with Crippen LogP contribution < -0.4 is 0 Å². The van der Waals surface area contributed by atoms with E-state index in [1.807, 2.05) is 22.4 Å². The summed E-state index contributed by atoms with van der Waals surface area (Å²) in [5.74, 6) is 1.09. The number of nitrogens with zero attached hydrogens (tertiary/aromatic N) is 1. The molecule has 4 heteroatoms. The molecule has 0 unspecified atom stereocenters. The van der Waals surface area contributed by atoms with E-state index in [0.717, 1.165) is 23.4 Å². The van der Waals surface area contributed by atoms with Crippen LogP contribution in [0, 0.1) is 0 Å². The van der Waals surface area contributed by atoms with Gasteiger partial charge in [0.1, 0.15) is 5.75 Å². The lowest BCUT2D eigenvalue weighted by Gasteiger charge is -2.26. The van der Waals surface area contributed by atoms with Crippen LogP contribution in [0.1, 0.15) is 46.0 Å². The molecule has 0 radical (unpaired) electrons. The molecule has 1 amide bonds. The summed E-state index contributed by atoms with van der Waals surface area (Å²) in [5, 5.41) is 11.4. The van der Waals surface area contributed by atoms with Gasteiger partial charge in [0.2, 0.25) is 0 Å². The SMILES string of the molecule is O=C(c1sccc1C1CC1)N1CC=C(c2ccc(O)cc2)CC1. The number of hydrogen-bond acceptors (Lipinski definition) is 3. The maximum atomic E-state index is 12.8. The quantitative estimate of drug-likeness (QED) is 0.916. The smallest absolute Gasteiger partial charge is 0.264 e. The summed E-state index contributed by atoms with van der Waals surface area (Å²) < 4.78 is 0. The van der Waals surface area contributed by atoms with Crippen LogP contribution in [0.2, 0.25) is 0 Å². The Morgan fingerprint density at radius 3 is 2.61 bits per heavy atom. The van der Waals surface area contributed by atoms with E-state index in [2.05, 4.69) is 12.1 Å². The molecule has 3 nitrogen and oxygen atoms in total. The van der Waals surface area contributed by atoms with E-state index in [0.29, 0.717) is 12.5 Å². The molecule has 0 bridgehead atoms. The predicted molar refractivity (Wildman–Crippen MR) is 92.9 cm³/mol. The summed E-state index contributed by atoms with van der Waals surface area (Å²) >= 11 is 1.58. The molecule has 4 rings (SSSR count). The van der Waals surface area contributed by atoms with Gasteiger partial charge in [0.05, 0.1) is 4.88 Å². The third-order valence-electron chi connectivity index (χ3n) is 4.64. The minimum atomic E-state index is 0.183. The number of aromatic hydroxyl groups is 1. The monoisotopic (exact) mass is 325 g/mol. The molecule has 1 aliphatic carbocycles. The molecule has 118 valence electrons. The molecule has 2 aliphatic rings. The van der Waals surface area contributed by atoms with Crippen molar-refractivity contribution in [3.63, 3.8) is 0 Å². The lowest BCUT2D eigenvalue weighted by molar-refractivity contribution is 0.0776. The molecule has 1 aromatic carbocycles. The molecule has 2 aromatic rings. The van der Waals surface area contributed by atoms with Gasteiger partial charge >= 0.3 is 0 Å². The van der Waals surface area contributed by atoms with Crippen LogP contribution in [0.25, 0.3) is 5.57 Å². The maximum Gasteiger partial charge on any atom is 0.264 e. The average molecular weight is 325 g/mol. The van der Waals surface area contributed by atoms with Gasteiger partial charge in [-0.3, -0.25) is 4.79 Å². The van der Waals surface area contributed by atoms with E-state index < -0.39 is 0 Å². The summed E-state index contributed by atoms with van der Waals surface area (Å²) in [6, 6.07) is 9.41. The molecule has 0 atom stereocenters. The zero-order valence-electron chi connectivity index (χ0n) is 12.9. The summed E-state index contributed by atoms with van der Waals surface area (Å²) in [6.45, 7) is 1.42. The van der Waals surface area contributed by atoms with E-state index in [4.69, 9.17) is 0 Å². The van der Waals surface area contributed by atoms with Gasteiger partial charge < -0.3 is 10.0 Å². The van der Waals surface area contributed by atoms with Crippen LogP contribution in [-0.2, 0) is 0 Å². The molecule has 23 heavy (non-hydrogen) atoms. The zero-order valence-corrected chi connectivity index (χ0v) is 13.7. The van der Waals surface area contributed by atoms with Crippen LogP contribution in [-0.4, -0.2) is 29.0 Å². The molecule has 1 fully saturated rings. The Balaban J connectivity index is 1.49. The van der Waals surface area contributed by atoms with E-state index >= 15 is 0 Å². The lowest BCUT2D eigenvalue weighted by atomic mass is 9.99. The highest BCUT2D eigenvalue weighted by Gasteiger charge is 2.30. The third kappa shape index (κ3) is 2.91. The number of hydrogen-bond donors (Lipinski definition) is 1. The Morgan fingerprint density at radius 2 is 1.96 bits per heavy atom. The van der Waals surface area contributed by atoms with Crippen molar-refractivity contribution in [2.75, 3.05) is 13.1 Å². The van der Waals surface area contributed by atoms with Crippen molar-refractivity contribution < 1.29 is 9.90 Å². The predicted octanol–water partition coefficient (Wildman–Crippen LogP) is 4.26. The first-order chi connectivity index (χ1) is 11.2. The van der Waals surface area contributed by atoms with Gasteiger partial charge in [0, 0.05) is 13.1 Å². The number of benzene rings is 1.